The number of hydrogen-bond acceptors (Lipinski definition) is 5. The van der Waals surface area contributed by atoms with Gasteiger partial charge in [0, 0.05) is 25.6 Å². The molecule has 2 aromatic rings. The number of aromatic nitrogens is 1. The van der Waals surface area contributed by atoms with Crippen LogP contribution in [0.5, 0.6) is 0 Å². The Balaban J connectivity index is 1.51. The van der Waals surface area contributed by atoms with E-state index in [-0.39, 0.29) is 16.8 Å². The predicted molar refractivity (Wildman–Crippen MR) is 95.8 cm³/mol. The van der Waals surface area contributed by atoms with Gasteiger partial charge in [0.15, 0.2) is 0 Å². The lowest BCUT2D eigenvalue weighted by Gasteiger charge is -2.15. The molecular weight excluding hydrogens is 354 g/mol. The summed E-state index contributed by atoms with van der Waals surface area (Å²) in [4.78, 5) is 14.1. The maximum atomic E-state index is 12.2. The average Bonchev–Trinajstić information content (AvgIpc) is 3.31. The van der Waals surface area contributed by atoms with Crippen LogP contribution in [0.4, 0.5) is 0 Å². The second-order valence-electron chi connectivity index (χ2n) is 6.72. The van der Waals surface area contributed by atoms with Crippen molar-refractivity contribution < 1.29 is 17.7 Å². The van der Waals surface area contributed by atoms with Gasteiger partial charge in [0.1, 0.15) is 11.5 Å². The standard InChI is InChI=1S/C18H23N3O4S/c1-13-11-16(19-25-13)12-21(2)18(22)10-5-14-3-8-17(9-4-14)26(23,24)20-15-6-7-15/h3-4,8-9,11,15,20H,5-7,10,12H2,1-2H3. The molecule has 1 heterocycles. The third kappa shape index (κ3) is 4.92. The summed E-state index contributed by atoms with van der Waals surface area (Å²) in [5.74, 6) is 0.713. The Kier molecular flexibility index (Phi) is 5.43. The number of nitrogens with zero attached hydrogens (tertiary/aromatic N) is 2. The summed E-state index contributed by atoms with van der Waals surface area (Å²) >= 11 is 0. The van der Waals surface area contributed by atoms with Crippen LogP contribution >= 0.6 is 0 Å². The zero-order valence-corrected chi connectivity index (χ0v) is 15.8. The SMILES string of the molecule is Cc1cc(CN(C)C(=O)CCc2ccc(S(=O)(=O)NC3CC3)cc2)no1. The summed E-state index contributed by atoms with van der Waals surface area (Å²) < 4.78 is 31.9. The van der Waals surface area contributed by atoms with Crippen LogP contribution < -0.4 is 4.72 Å². The van der Waals surface area contributed by atoms with Crippen molar-refractivity contribution in [1.29, 1.82) is 0 Å². The van der Waals surface area contributed by atoms with Crippen molar-refractivity contribution in [2.24, 2.45) is 0 Å². The highest BCUT2D eigenvalue weighted by atomic mass is 32.2. The van der Waals surface area contributed by atoms with E-state index in [1.807, 2.05) is 6.92 Å². The number of nitrogens with one attached hydrogen (secondary N) is 1. The van der Waals surface area contributed by atoms with Crippen LogP contribution in [0.1, 0.15) is 36.3 Å². The molecule has 1 aromatic carbocycles. The molecular formula is C18H23N3O4S. The Hall–Kier alpha value is -2.19. The number of rotatable bonds is 8. The van der Waals surface area contributed by atoms with Gasteiger partial charge in [0.05, 0.1) is 11.4 Å². The van der Waals surface area contributed by atoms with Gasteiger partial charge in [0.2, 0.25) is 15.9 Å². The van der Waals surface area contributed by atoms with Gasteiger partial charge in [-0.05, 0) is 43.9 Å². The first kappa shape index (κ1) is 18.6. The fourth-order valence-corrected chi connectivity index (χ4v) is 3.89. The number of benzene rings is 1. The molecule has 1 fully saturated rings. The number of sulfonamides is 1. The molecule has 0 unspecified atom stereocenters. The van der Waals surface area contributed by atoms with Crippen molar-refractivity contribution in [3.05, 3.63) is 47.3 Å². The van der Waals surface area contributed by atoms with Crippen molar-refractivity contribution in [3.8, 4) is 0 Å². The van der Waals surface area contributed by atoms with E-state index in [1.165, 1.54) is 0 Å². The molecule has 140 valence electrons. The molecule has 7 nitrogen and oxygen atoms in total. The zero-order chi connectivity index (χ0) is 18.7. The molecule has 8 heteroatoms. The van der Waals surface area contributed by atoms with Crippen LogP contribution in [0, 0.1) is 6.92 Å². The van der Waals surface area contributed by atoms with Gasteiger partial charge in [-0.25, -0.2) is 13.1 Å². The fraction of sp³-hybridized carbons (Fsp3) is 0.444. The van der Waals surface area contributed by atoms with Crippen molar-refractivity contribution in [3.63, 3.8) is 0 Å². The van der Waals surface area contributed by atoms with E-state index in [0.29, 0.717) is 25.1 Å². The maximum Gasteiger partial charge on any atom is 0.240 e. The zero-order valence-electron chi connectivity index (χ0n) is 14.9. The number of carbonyl (C=O) groups excluding carboxylic acids is 1. The summed E-state index contributed by atoms with van der Waals surface area (Å²) in [6.07, 6.45) is 2.71. The van der Waals surface area contributed by atoms with Crippen molar-refractivity contribution in [1.82, 2.24) is 14.8 Å². The summed E-state index contributed by atoms with van der Waals surface area (Å²) in [5, 5.41) is 3.88. The molecule has 1 N–H and O–H groups in total. The molecule has 0 atom stereocenters. The van der Waals surface area contributed by atoms with Crippen LogP contribution in [0.25, 0.3) is 0 Å². The Morgan fingerprint density at radius 3 is 2.58 bits per heavy atom. The summed E-state index contributed by atoms with van der Waals surface area (Å²) in [6.45, 7) is 2.21. The highest BCUT2D eigenvalue weighted by molar-refractivity contribution is 7.89. The third-order valence-electron chi connectivity index (χ3n) is 4.26. The van der Waals surface area contributed by atoms with Gasteiger partial charge in [-0.1, -0.05) is 17.3 Å². The van der Waals surface area contributed by atoms with Gasteiger partial charge >= 0.3 is 0 Å². The highest BCUT2D eigenvalue weighted by Gasteiger charge is 2.27. The molecule has 0 radical (unpaired) electrons. The van der Waals surface area contributed by atoms with E-state index < -0.39 is 10.0 Å². The predicted octanol–water partition coefficient (Wildman–Crippen LogP) is 2.01. The van der Waals surface area contributed by atoms with E-state index in [2.05, 4.69) is 9.88 Å². The Morgan fingerprint density at radius 1 is 1.31 bits per heavy atom. The molecule has 1 aromatic heterocycles. The first-order chi connectivity index (χ1) is 12.3. The normalized spacial score (nSPS) is 14.4. The smallest absolute Gasteiger partial charge is 0.240 e. The number of carbonyl (C=O) groups is 1. The second kappa shape index (κ2) is 7.59. The number of aryl methyl sites for hydroxylation is 2. The number of hydrogen-bond donors (Lipinski definition) is 1. The topological polar surface area (TPSA) is 92.5 Å². The minimum atomic E-state index is -3.43. The van der Waals surface area contributed by atoms with Gasteiger partial charge in [-0.2, -0.15) is 0 Å². The maximum absolute atomic E-state index is 12.2. The molecule has 0 spiro atoms. The van der Waals surface area contributed by atoms with E-state index in [9.17, 15) is 13.2 Å². The largest absolute Gasteiger partial charge is 0.361 e. The average molecular weight is 377 g/mol. The molecule has 1 amide bonds. The Morgan fingerprint density at radius 2 is 2.00 bits per heavy atom. The Labute approximate surface area is 153 Å². The lowest BCUT2D eigenvalue weighted by atomic mass is 10.1. The molecule has 3 rings (SSSR count). The molecule has 0 bridgehead atoms. The van der Waals surface area contributed by atoms with Crippen molar-refractivity contribution >= 4 is 15.9 Å². The fourth-order valence-electron chi connectivity index (χ4n) is 2.59. The lowest BCUT2D eigenvalue weighted by Crippen LogP contribution is -2.26. The third-order valence-corrected chi connectivity index (χ3v) is 5.80. The summed E-state index contributed by atoms with van der Waals surface area (Å²) in [5.41, 5.74) is 1.64. The monoisotopic (exact) mass is 377 g/mol. The second-order valence-corrected chi connectivity index (χ2v) is 8.43. The summed E-state index contributed by atoms with van der Waals surface area (Å²) in [6, 6.07) is 8.59. The van der Waals surface area contributed by atoms with Crippen LogP contribution in [0.15, 0.2) is 39.8 Å². The molecule has 0 saturated heterocycles. The highest BCUT2D eigenvalue weighted by Crippen LogP contribution is 2.22. The molecule has 26 heavy (non-hydrogen) atoms. The van der Waals surface area contributed by atoms with Gasteiger partial charge < -0.3 is 9.42 Å². The molecule has 1 aliphatic rings. The van der Waals surface area contributed by atoms with Crippen molar-refractivity contribution in [2.75, 3.05) is 7.05 Å². The van der Waals surface area contributed by atoms with E-state index in [0.717, 1.165) is 24.1 Å². The lowest BCUT2D eigenvalue weighted by molar-refractivity contribution is -0.130. The van der Waals surface area contributed by atoms with E-state index >= 15 is 0 Å². The van der Waals surface area contributed by atoms with Crippen molar-refractivity contribution in [2.45, 2.75) is 50.1 Å². The minimum absolute atomic E-state index is 0.00208. The Bertz CT molecular complexity index is 870. The van der Waals surface area contributed by atoms with Gasteiger partial charge in [0.25, 0.3) is 0 Å². The summed E-state index contributed by atoms with van der Waals surface area (Å²) in [7, 11) is -1.70. The molecule has 0 aliphatic heterocycles. The van der Waals surface area contributed by atoms with Crippen LogP contribution in [0.2, 0.25) is 0 Å². The minimum Gasteiger partial charge on any atom is -0.361 e. The molecule has 1 aliphatic carbocycles. The quantitative estimate of drug-likeness (QED) is 0.760. The first-order valence-electron chi connectivity index (χ1n) is 8.61. The van der Waals surface area contributed by atoms with Crippen LogP contribution in [0.3, 0.4) is 0 Å². The molecule has 1 saturated carbocycles. The first-order valence-corrected chi connectivity index (χ1v) is 10.1. The van der Waals surface area contributed by atoms with E-state index in [4.69, 9.17) is 4.52 Å². The van der Waals surface area contributed by atoms with Crippen LogP contribution in [-0.4, -0.2) is 37.5 Å². The van der Waals surface area contributed by atoms with Gasteiger partial charge in [-0.3, -0.25) is 4.79 Å². The van der Waals surface area contributed by atoms with E-state index in [1.54, 1.807) is 42.3 Å². The van der Waals surface area contributed by atoms with Gasteiger partial charge in [-0.15, -0.1) is 0 Å². The van der Waals surface area contributed by atoms with Crippen LogP contribution in [-0.2, 0) is 27.8 Å². The number of amides is 1.